The smallest absolute Gasteiger partial charge is 0.230 e. The second kappa shape index (κ2) is 9.29. The second-order valence-corrected chi connectivity index (χ2v) is 7.33. The number of anilines is 2. The van der Waals surface area contributed by atoms with Crippen molar-refractivity contribution in [1.29, 1.82) is 0 Å². The predicted molar refractivity (Wildman–Crippen MR) is 106 cm³/mol. The summed E-state index contributed by atoms with van der Waals surface area (Å²) >= 11 is 0. The molecule has 0 spiro atoms. The maximum Gasteiger partial charge on any atom is 0.230 e. The van der Waals surface area contributed by atoms with Crippen LogP contribution < -0.4 is 15.1 Å². The van der Waals surface area contributed by atoms with Gasteiger partial charge >= 0.3 is 0 Å². The molecule has 10 heteroatoms. The Labute approximate surface area is 173 Å². The number of ether oxygens (including phenoxy) is 1. The zero-order chi connectivity index (χ0) is 20.9. The van der Waals surface area contributed by atoms with Crippen molar-refractivity contribution in [2.45, 2.75) is 25.8 Å². The van der Waals surface area contributed by atoms with Crippen molar-refractivity contribution in [2.75, 3.05) is 49.2 Å². The van der Waals surface area contributed by atoms with Crippen molar-refractivity contribution in [3.63, 3.8) is 0 Å². The van der Waals surface area contributed by atoms with Crippen LogP contribution in [-0.2, 0) is 22.5 Å². The highest BCUT2D eigenvalue weighted by atomic mass is 19.1. The third-order valence-corrected chi connectivity index (χ3v) is 5.15. The summed E-state index contributed by atoms with van der Waals surface area (Å²) in [6.07, 6.45) is 1.99. The zero-order valence-electron chi connectivity index (χ0n) is 16.6. The molecule has 3 heterocycles. The quantitative estimate of drug-likeness (QED) is 0.760. The minimum Gasteiger partial charge on any atom is -0.378 e. The highest BCUT2D eigenvalue weighted by Gasteiger charge is 2.21. The van der Waals surface area contributed by atoms with Crippen molar-refractivity contribution in [2.24, 2.45) is 0 Å². The van der Waals surface area contributed by atoms with Gasteiger partial charge in [0.15, 0.2) is 5.82 Å². The van der Waals surface area contributed by atoms with Crippen molar-refractivity contribution in [3.8, 4) is 0 Å². The number of hydrogen-bond donors (Lipinski definition) is 1. The number of aromatic nitrogens is 3. The lowest BCUT2D eigenvalue weighted by Crippen LogP contribution is -2.38. The Morgan fingerprint density at radius 1 is 1.00 bits per heavy atom. The molecule has 2 aromatic rings. The molecule has 0 unspecified atom stereocenters. The minimum atomic E-state index is -0.740. The topological polar surface area (TPSA) is 83.5 Å². The molecule has 0 saturated carbocycles. The van der Waals surface area contributed by atoms with E-state index in [0.717, 1.165) is 38.1 Å². The lowest BCUT2D eigenvalue weighted by atomic mass is 10.1. The summed E-state index contributed by atoms with van der Waals surface area (Å²) in [4.78, 5) is 30.1. The molecule has 160 valence electrons. The van der Waals surface area contributed by atoms with Crippen LogP contribution in [0, 0.1) is 11.6 Å². The van der Waals surface area contributed by atoms with Crippen LogP contribution in [0.5, 0.6) is 0 Å². The third-order valence-electron chi connectivity index (χ3n) is 5.15. The van der Waals surface area contributed by atoms with E-state index in [9.17, 15) is 13.6 Å². The number of rotatable bonds is 6. The van der Waals surface area contributed by atoms with E-state index in [1.54, 1.807) is 0 Å². The van der Waals surface area contributed by atoms with Gasteiger partial charge in [-0.2, -0.15) is 15.0 Å². The average molecular weight is 418 g/mol. The first-order chi connectivity index (χ1) is 14.6. The maximum atomic E-state index is 13.8. The van der Waals surface area contributed by atoms with Crippen LogP contribution in [0.1, 0.15) is 24.2 Å². The Bertz CT molecular complexity index is 901. The van der Waals surface area contributed by atoms with Crippen LogP contribution in [0.15, 0.2) is 18.2 Å². The van der Waals surface area contributed by atoms with Crippen LogP contribution in [0.4, 0.5) is 20.7 Å². The molecule has 1 aromatic carbocycles. The number of morpholine rings is 1. The van der Waals surface area contributed by atoms with E-state index in [2.05, 4.69) is 25.2 Å². The number of nitrogens with zero attached hydrogens (tertiary/aromatic N) is 5. The van der Waals surface area contributed by atoms with E-state index in [1.165, 1.54) is 6.07 Å². The van der Waals surface area contributed by atoms with Gasteiger partial charge in [0, 0.05) is 32.2 Å². The van der Waals surface area contributed by atoms with Crippen LogP contribution in [-0.4, -0.2) is 60.3 Å². The normalized spacial score (nSPS) is 16.7. The number of carbonyl (C=O) groups is 1. The molecule has 1 amide bonds. The second-order valence-electron chi connectivity index (χ2n) is 7.33. The van der Waals surface area contributed by atoms with Gasteiger partial charge < -0.3 is 19.9 Å². The van der Waals surface area contributed by atoms with E-state index in [0.29, 0.717) is 44.0 Å². The first-order valence-electron chi connectivity index (χ1n) is 10.1. The first-order valence-corrected chi connectivity index (χ1v) is 10.1. The Kier molecular flexibility index (Phi) is 6.32. The monoisotopic (exact) mass is 418 g/mol. The van der Waals surface area contributed by atoms with Crippen molar-refractivity contribution in [3.05, 3.63) is 41.2 Å². The Morgan fingerprint density at radius 3 is 2.33 bits per heavy atom. The summed E-state index contributed by atoms with van der Waals surface area (Å²) in [5, 5.41) is 2.72. The maximum absolute atomic E-state index is 13.8. The molecule has 1 aromatic heterocycles. The Balaban J connectivity index is 1.46. The number of amides is 1. The van der Waals surface area contributed by atoms with Crippen LogP contribution in [0.3, 0.4) is 0 Å². The molecule has 30 heavy (non-hydrogen) atoms. The number of benzene rings is 1. The van der Waals surface area contributed by atoms with Crippen molar-refractivity contribution >= 4 is 17.8 Å². The fourth-order valence-corrected chi connectivity index (χ4v) is 3.52. The standard InChI is InChI=1S/C20H24F2N6O2/c21-15-4-3-14(16(22)12-15)11-18(29)23-13-17-24-19(27-5-1-2-6-27)26-20(25-17)28-7-9-30-10-8-28/h3-4,12H,1-2,5-11,13H2,(H,23,29). The fourth-order valence-electron chi connectivity index (χ4n) is 3.52. The highest BCUT2D eigenvalue weighted by Crippen LogP contribution is 2.19. The summed E-state index contributed by atoms with van der Waals surface area (Å²) < 4.78 is 32.2. The molecule has 0 radical (unpaired) electrons. The average Bonchev–Trinajstić information content (AvgIpc) is 3.30. The molecule has 8 nitrogen and oxygen atoms in total. The van der Waals surface area contributed by atoms with Gasteiger partial charge in [-0.1, -0.05) is 6.07 Å². The lowest BCUT2D eigenvalue weighted by molar-refractivity contribution is -0.120. The highest BCUT2D eigenvalue weighted by molar-refractivity contribution is 5.78. The molecule has 0 atom stereocenters. The number of carbonyl (C=O) groups excluding carboxylic acids is 1. The van der Waals surface area contributed by atoms with Crippen LogP contribution >= 0.6 is 0 Å². The summed E-state index contributed by atoms with van der Waals surface area (Å²) in [6, 6.07) is 3.18. The van der Waals surface area contributed by atoms with Gasteiger partial charge in [-0.15, -0.1) is 0 Å². The fraction of sp³-hybridized carbons (Fsp3) is 0.500. The zero-order valence-corrected chi connectivity index (χ0v) is 16.6. The molecule has 2 fully saturated rings. The van der Waals surface area contributed by atoms with Crippen LogP contribution in [0.25, 0.3) is 0 Å². The summed E-state index contributed by atoms with van der Waals surface area (Å²) in [6.45, 7) is 4.49. The molecule has 0 bridgehead atoms. The Hall–Kier alpha value is -2.88. The number of nitrogens with one attached hydrogen (secondary N) is 1. The molecular formula is C20H24F2N6O2. The van der Waals surface area contributed by atoms with Gasteiger partial charge in [0.2, 0.25) is 17.8 Å². The van der Waals surface area contributed by atoms with E-state index in [4.69, 9.17) is 4.74 Å². The summed E-state index contributed by atoms with van der Waals surface area (Å²) in [5.41, 5.74) is 0.135. The summed E-state index contributed by atoms with van der Waals surface area (Å²) in [7, 11) is 0. The molecule has 0 aliphatic carbocycles. The van der Waals surface area contributed by atoms with E-state index in [-0.39, 0.29) is 18.5 Å². The SMILES string of the molecule is O=C(Cc1ccc(F)cc1F)NCc1nc(N2CCCC2)nc(N2CCOCC2)n1. The largest absolute Gasteiger partial charge is 0.378 e. The predicted octanol–water partition coefficient (Wildman–Crippen LogP) is 1.45. The molecule has 2 aliphatic rings. The van der Waals surface area contributed by atoms with Crippen molar-refractivity contribution < 1.29 is 18.3 Å². The summed E-state index contributed by atoms with van der Waals surface area (Å²) in [5.74, 6) is -0.178. The molecule has 4 rings (SSSR count). The van der Waals surface area contributed by atoms with Gasteiger partial charge in [0.25, 0.3) is 0 Å². The third kappa shape index (κ3) is 4.99. The molecule has 2 saturated heterocycles. The van der Waals surface area contributed by atoms with Crippen LogP contribution in [0.2, 0.25) is 0 Å². The van der Waals surface area contributed by atoms with Gasteiger partial charge in [0.05, 0.1) is 26.2 Å². The van der Waals surface area contributed by atoms with Gasteiger partial charge in [-0.05, 0) is 24.5 Å². The van der Waals surface area contributed by atoms with E-state index in [1.807, 2.05) is 4.90 Å². The number of halogens is 2. The minimum absolute atomic E-state index is 0.0996. The lowest BCUT2D eigenvalue weighted by Gasteiger charge is -2.28. The van der Waals surface area contributed by atoms with E-state index < -0.39 is 17.5 Å². The molecular weight excluding hydrogens is 394 g/mol. The number of hydrogen-bond acceptors (Lipinski definition) is 7. The first kappa shape index (κ1) is 20.4. The van der Waals surface area contributed by atoms with Gasteiger partial charge in [0.1, 0.15) is 11.6 Å². The van der Waals surface area contributed by atoms with Crippen molar-refractivity contribution in [1.82, 2.24) is 20.3 Å². The molecule has 2 aliphatic heterocycles. The van der Waals surface area contributed by atoms with Gasteiger partial charge in [-0.25, -0.2) is 8.78 Å². The van der Waals surface area contributed by atoms with Gasteiger partial charge in [-0.3, -0.25) is 4.79 Å². The Morgan fingerprint density at radius 2 is 1.67 bits per heavy atom. The van der Waals surface area contributed by atoms with E-state index >= 15 is 0 Å². The molecule has 1 N–H and O–H groups in total.